The van der Waals surface area contributed by atoms with Gasteiger partial charge in [0.25, 0.3) is 5.56 Å². The van der Waals surface area contributed by atoms with Crippen LogP contribution in [-0.2, 0) is 16.6 Å². The van der Waals surface area contributed by atoms with Crippen molar-refractivity contribution in [3.63, 3.8) is 0 Å². The Morgan fingerprint density at radius 1 is 1.10 bits per heavy atom. The first-order valence-corrected chi connectivity index (χ1v) is 11.2. The molecule has 0 radical (unpaired) electrons. The van der Waals surface area contributed by atoms with Gasteiger partial charge >= 0.3 is 0 Å². The summed E-state index contributed by atoms with van der Waals surface area (Å²) in [5, 5.41) is 8.25. The van der Waals surface area contributed by atoms with Crippen LogP contribution in [-0.4, -0.2) is 41.6 Å². The zero-order valence-electron chi connectivity index (χ0n) is 17.0. The largest absolute Gasteiger partial charge is 0.338 e. The number of pyridine rings is 1. The van der Waals surface area contributed by atoms with Crippen LogP contribution in [0.25, 0.3) is 10.9 Å². The topological polar surface area (TPSA) is 100 Å². The lowest BCUT2D eigenvalue weighted by Crippen LogP contribution is -2.22. The number of anilines is 2. The third kappa shape index (κ3) is 4.51. The number of benzene rings is 1. The number of unbranched alkanes of at least 4 members (excludes halogenated alkanes) is 3. The van der Waals surface area contributed by atoms with Gasteiger partial charge in [-0.25, -0.2) is 12.7 Å². The average Bonchev–Trinajstić information content (AvgIpc) is 3.04. The molecule has 3 rings (SSSR count). The molecule has 0 saturated carbocycles. The number of nitrogens with zero attached hydrogens (tertiary/aromatic N) is 3. The van der Waals surface area contributed by atoms with Crippen LogP contribution in [0.15, 0.2) is 46.2 Å². The van der Waals surface area contributed by atoms with Crippen molar-refractivity contribution in [2.45, 2.75) is 44.0 Å². The van der Waals surface area contributed by atoms with E-state index in [-0.39, 0.29) is 10.5 Å². The number of hydrogen-bond donors (Lipinski definition) is 2. The van der Waals surface area contributed by atoms with Crippen LogP contribution in [0.2, 0.25) is 0 Å². The monoisotopic (exact) mass is 417 g/mol. The van der Waals surface area contributed by atoms with Crippen LogP contribution < -0.4 is 10.9 Å². The lowest BCUT2D eigenvalue weighted by atomic mass is 10.2. The van der Waals surface area contributed by atoms with E-state index < -0.39 is 10.0 Å². The van der Waals surface area contributed by atoms with E-state index in [0.717, 1.165) is 31.3 Å². The van der Waals surface area contributed by atoms with Gasteiger partial charge in [-0.3, -0.25) is 9.48 Å². The number of aryl methyl sites for hydroxylation is 1. The zero-order valence-corrected chi connectivity index (χ0v) is 17.8. The van der Waals surface area contributed by atoms with Crippen molar-refractivity contribution < 1.29 is 8.42 Å². The Bertz CT molecular complexity index is 1130. The SMILES string of the molecule is CCCCCCn1nc(Nc2ccc(S(=O)(=O)N(C)C)cc2)c2c(=O)[nH]ccc21. The molecule has 0 bridgehead atoms. The van der Waals surface area contributed by atoms with Crippen LogP contribution >= 0.6 is 0 Å². The molecule has 0 spiro atoms. The summed E-state index contributed by atoms with van der Waals surface area (Å²) in [6.07, 6.45) is 6.07. The summed E-state index contributed by atoms with van der Waals surface area (Å²) >= 11 is 0. The Morgan fingerprint density at radius 3 is 2.48 bits per heavy atom. The predicted molar refractivity (Wildman–Crippen MR) is 115 cm³/mol. The van der Waals surface area contributed by atoms with Gasteiger partial charge in [-0.05, 0) is 36.8 Å². The number of aromatic amines is 1. The van der Waals surface area contributed by atoms with Gasteiger partial charge in [-0.2, -0.15) is 5.10 Å². The van der Waals surface area contributed by atoms with Crippen LogP contribution in [0.3, 0.4) is 0 Å². The molecule has 156 valence electrons. The fourth-order valence-electron chi connectivity index (χ4n) is 3.14. The number of nitrogens with one attached hydrogen (secondary N) is 2. The van der Waals surface area contributed by atoms with E-state index in [1.807, 2.05) is 10.7 Å². The molecular weight excluding hydrogens is 390 g/mol. The smallest absolute Gasteiger partial charge is 0.261 e. The van der Waals surface area contributed by atoms with Crippen LogP contribution in [0.4, 0.5) is 11.5 Å². The molecule has 0 atom stereocenters. The van der Waals surface area contributed by atoms with E-state index >= 15 is 0 Å². The molecule has 29 heavy (non-hydrogen) atoms. The third-order valence-corrected chi connectivity index (χ3v) is 6.62. The molecule has 0 aliphatic rings. The number of rotatable bonds is 9. The summed E-state index contributed by atoms with van der Waals surface area (Å²) in [5.74, 6) is 0.459. The molecule has 3 aromatic rings. The first kappa shape index (κ1) is 21.1. The second kappa shape index (κ2) is 8.79. The first-order chi connectivity index (χ1) is 13.8. The van der Waals surface area contributed by atoms with Gasteiger partial charge in [0.15, 0.2) is 5.82 Å². The van der Waals surface area contributed by atoms with Crippen LogP contribution in [0, 0.1) is 0 Å². The molecule has 2 aromatic heterocycles. The summed E-state index contributed by atoms with van der Waals surface area (Å²) in [4.78, 5) is 15.3. The summed E-state index contributed by atoms with van der Waals surface area (Å²) in [6, 6.07) is 8.25. The first-order valence-electron chi connectivity index (χ1n) is 9.72. The van der Waals surface area contributed by atoms with Crippen molar-refractivity contribution in [2.75, 3.05) is 19.4 Å². The minimum absolute atomic E-state index is 0.206. The summed E-state index contributed by atoms with van der Waals surface area (Å²) in [6.45, 7) is 2.90. The Balaban J connectivity index is 1.89. The van der Waals surface area contributed by atoms with Gasteiger partial charge in [0.2, 0.25) is 10.0 Å². The molecule has 9 heteroatoms. The Kier molecular flexibility index (Phi) is 6.39. The highest BCUT2D eigenvalue weighted by Crippen LogP contribution is 2.24. The number of aromatic nitrogens is 3. The normalized spacial score (nSPS) is 12.0. The van der Waals surface area contributed by atoms with Gasteiger partial charge in [-0.1, -0.05) is 26.2 Å². The van der Waals surface area contributed by atoms with E-state index in [0.29, 0.717) is 16.9 Å². The van der Waals surface area contributed by atoms with Gasteiger partial charge in [-0.15, -0.1) is 0 Å². The number of H-pyrrole nitrogens is 1. The summed E-state index contributed by atoms with van der Waals surface area (Å²) in [5.41, 5.74) is 1.22. The Hall–Kier alpha value is -2.65. The van der Waals surface area contributed by atoms with E-state index in [2.05, 4.69) is 22.3 Å². The molecule has 0 unspecified atom stereocenters. The van der Waals surface area contributed by atoms with E-state index in [1.165, 1.54) is 37.0 Å². The molecule has 1 aromatic carbocycles. The average molecular weight is 418 g/mol. The number of sulfonamides is 1. The third-order valence-electron chi connectivity index (χ3n) is 4.79. The lowest BCUT2D eigenvalue weighted by molar-refractivity contribution is 0.521. The molecule has 0 aliphatic heterocycles. The van der Waals surface area contributed by atoms with Gasteiger partial charge in [0, 0.05) is 32.5 Å². The van der Waals surface area contributed by atoms with Crippen molar-refractivity contribution in [2.24, 2.45) is 0 Å². The molecule has 0 aliphatic carbocycles. The van der Waals surface area contributed by atoms with Gasteiger partial charge in [0.05, 0.1) is 10.4 Å². The second-order valence-corrected chi connectivity index (χ2v) is 9.29. The number of fused-ring (bicyclic) bond motifs is 1. The maximum Gasteiger partial charge on any atom is 0.261 e. The maximum atomic E-state index is 12.4. The minimum Gasteiger partial charge on any atom is -0.338 e. The van der Waals surface area contributed by atoms with Gasteiger partial charge < -0.3 is 10.3 Å². The van der Waals surface area contributed by atoms with E-state index in [9.17, 15) is 13.2 Å². The number of hydrogen-bond acceptors (Lipinski definition) is 5. The molecule has 8 nitrogen and oxygen atoms in total. The van der Waals surface area contributed by atoms with Crippen molar-refractivity contribution in [3.8, 4) is 0 Å². The molecule has 2 heterocycles. The summed E-state index contributed by atoms with van der Waals surface area (Å²) < 4.78 is 27.5. The van der Waals surface area contributed by atoms with Crippen molar-refractivity contribution in [1.29, 1.82) is 0 Å². The van der Waals surface area contributed by atoms with Crippen molar-refractivity contribution in [3.05, 3.63) is 46.9 Å². The van der Waals surface area contributed by atoms with Crippen LogP contribution in [0.5, 0.6) is 0 Å². The Morgan fingerprint density at radius 2 is 1.83 bits per heavy atom. The van der Waals surface area contributed by atoms with E-state index in [4.69, 9.17) is 0 Å². The molecule has 0 saturated heterocycles. The second-order valence-electron chi connectivity index (χ2n) is 7.14. The van der Waals surface area contributed by atoms with E-state index in [1.54, 1.807) is 18.3 Å². The molecular formula is C20H27N5O3S. The predicted octanol–water partition coefficient (Wildman–Crippen LogP) is 3.30. The molecule has 2 N–H and O–H groups in total. The molecule has 0 fully saturated rings. The fraction of sp³-hybridized carbons (Fsp3) is 0.400. The van der Waals surface area contributed by atoms with Crippen LogP contribution in [0.1, 0.15) is 32.6 Å². The zero-order chi connectivity index (χ0) is 21.0. The Labute approximate surface area is 170 Å². The quantitative estimate of drug-likeness (QED) is 0.520. The van der Waals surface area contributed by atoms with Gasteiger partial charge in [0.1, 0.15) is 5.39 Å². The lowest BCUT2D eigenvalue weighted by Gasteiger charge is -2.11. The van der Waals surface area contributed by atoms with Crippen molar-refractivity contribution >= 4 is 32.4 Å². The molecule has 0 amide bonds. The fourth-order valence-corrected chi connectivity index (χ4v) is 4.04. The van der Waals surface area contributed by atoms with Crippen molar-refractivity contribution in [1.82, 2.24) is 19.1 Å². The summed E-state index contributed by atoms with van der Waals surface area (Å²) in [7, 11) is -0.502. The highest BCUT2D eigenvalue weighted by molar-refractivity contribution is 7.89. The highest BCUT2D eigenvalue weighted by Gasteiger charge is 2.17. The highest BCUT2D eigenvalue weighted by atomic mass is 32.2. The maximum absolute atomic E-state index is 12.4. The standard InChI is InChI=1S/C20H27N5O3S/c1-4-5-6-7-14-25-17-12-13-21-20(26)18(17)19(23-25)22-15-8-10-16(11-9-15)29(27,28)24(2)3/h8-13H,4-7,14H2,1-3H3,(H,21,26)(H,22,23). The minimum atomic E-state index is -3.49.